The Morgan fingerprint density at radius 2 is 2.04 bits per heavy atom. The number of carboxylic acids is 1. The maximum absolute atomic E-state index is 12.9. The molecule has 1 aromatic carbocycles. The van der Waals surface area contributed by atoms with Crippen molar-refractivity contribution in [1.82, 2.24) is 9.97 Å². The Kier molecular flexibility index (Phi) is 5.46. The molecule has 2 N–H and O–H groups in total. The number of urea groups is 1. The van der Waals surface area contributed by atoms with E-state index in [9.17, 15) is 14.7 Å². The summed E-state index contributed by atoms with van der Waals surface area (Å²) in [4.78, 5) is 34.6. The van der Waals surface area contributed by atoms with E-state index in [0.717, 1.165) is 5.56 Å². The zero-order chi connectivity index (χ0) is 20.4. The fraction of sp³-hybridized carbons (Fsp3) is 0.200. The van der Waals surface area contributed by atoms with Gasteiger partial charge in [0.15, 0.2) is 0 Å². The molecular formula is C20H19ClN4O3. The third-order valence-electron chi connectivity index (χ3n) is 4.43. The van der Waals surface area contributed by atoms with Crippen LogP contribution < -0.4 is 10.2 Å². The van der Waals surface area contributed by atoms with Crippen molar-refractivity contribution in [1.29, 1.82) is 0 Å². The molecule has 0 saturated carbocycles. The second kappa shape index (κ2) is 7.82. The highest BCUT2D eigenvalue weighted by molar-refractivity contribution is 6.31. The summed E-state index contributed by atoms with van der Waals surface area (Å²) in [6, 6.07) is 6.33. The van der Waals surface area contributed by atoms with Crippen molar-refractivity contribution in [3.8, 4) is 0 Å². The lowest BCUT2D eigenvalue weighted by Gasteiger charge is -2.23. The summed E-state index contributed by atoms with van der Waals surface area (Å²) < 4.78 is 0. The number of nitrogens with one attached hydrogen (secondary N) is 1. The van der Waals surface area contributed by atoms with Gasteiger partial charge >= 0.3 is 12.0 Å². The van der Waals surface area contributed by atoms with Crippen LogP contribution in [-0.4, -0.2) is 34.1 Å². The van der Waals surface area contributed by atoms with E-state index >= 15 is 0 Å². The summed E-state index contributed by atoms with van der Waals surface area (Å²) in [5.41, 5.74) is 2.61. The van der Waals surface area contributed by atoms with Gasteiger partial charge in [-0.05, 0) is 43.2 Å². The van der Waals surface area contributed by atoms with Crippen molar-refractivity contribution in [2.45, 2.75) is 20.3 Å². The minimum atomic E-state index is -1.15. The first kappa shape index (κ1) is 19.6. The molecule has 144 valence electrons. The molecule has 2 amide bonds. The van der Waals surface area contributed by atoms with Crippen molar-refractivity contribution in [2.24, 2.45) is 0 Å². The summed E-state index contributed by atoms with van der Waals surface area (Å²) in [7, 11) is 1.52. The maximum Gasteiger partial charge on any atom is 0.339 e. The number of fused-ring (bicyclic) bond motifs is 1. The standard InChI is InChI=1S/C20H19ClN4O3/c1-4-15-17(19(26)27)18(13-10-22-8-7-16(13)24-15)25(3)20(28)23-12-5-6-14(21)11(2)9-12/h5-10H,4H2,1-3H3,(H,23,28)(H,26,27). The number of carbonyl (C=O) groups excluding carboxylic acids is 1. The first-order valence-corrected chi connectivity index (χ1v) is 9.02. The van der Waals surface area contributed by atoms with Crippen molar-refractivity contribution in [3.63, 3.8) is 0 Å². The number of aryl methyl sites for hydroxylation is 2. The number of carboxylic acid groups (broad SMARTS) is 1. The molecule has 28 heavy (non-hydrogen) atoms. The van der Waals surface area contributed by atoms with E-state index in [1.54, 1.807) is 30.5 Å². The van der Waals surface area contributed by atoms with Gasteiger partial charge in [0.05, 0.1) is 16.9 Å². The molecule has 8 heteroatoms. The van der Waals surface area contributed by atoms with Crippen LogP contribution >= 0.6 is 11.6 Å². The first-order valence-electron chi connectivity index (χ1n) is 8.64. The number of benzene rings is 1. The molecule has 2 aromatic heterocycles. The average molecular weight is 399 g/mol. The van der Waals surface area contributed by atoms with E-state index in [1.807, 2.05) is 13.8 Å². The van der Waals surface area contributed by atoms with Gasteiger partial charge < -0.3 is 10.4 Å². The molecular weight excluding hydrogens is 380 g/mol. The van der Waals surface area contributed by atoms with Crippen molar-refractivity contribution < 1.29 is 14.7 Å². The minimum absolute atomic E-state index is 0.00654. The van der Waals surface area contributed by atoms with Crippen LogP contribution in [0.2, 0.25) is 5.02 Å². The van der Waals surface area contributed by atoms with Crippen LogP contribution in [0, 0.1) is 6.92 Å². The van der Waals surface area contributed by atoms with Gasteiger partial charge in [0.25, 0.3) is 0 Å². The zero-order valence-electron chi connectivity index (χ0n) is 15.7. The Hall–Kier alpha value is -3.19. The van der Waals surface area contributed by atoms with Gasteiger partial charge in [-0.15, -0.1) is 0 Å². The number of hydrogen-bond donors (Lipinski definition) is 2. The van der Waals surface area contributed by atoms with Crippen molar-refractivity contribution >= 4 is 45.9 Å². The second-order valence-corrected chi connectivity index (χ2v) is 6.69. The number of aromatic nitrogens is 2. The van der Waals surface area contributed by atoms with Gasteiger partial charge in [-0.25, -0.2) is 9.59 Å². The number of halogens is 1. The Labute approximate surface area is 167 Å². The second-order valence-electron chi connectivity index (χ2n) is 6.29. The van der Waals surface area contributed by atoms with Crippen LogP contribution in [0.4, 0.5) is 16.2 Å². The molecule has 3 rings (SSSR count). The largest absolute Gasteiger partial charge is 0.478 e. The Bertz CT molecular complexity index is 1080. The van der Waals surface area contributed by atoms with Gasteiger partial charge in [-0.1, -0.05) is 18.5 Å². The third kappa shape index (κ3) is 3.61. The molecule has 7 nitrogen and oxygen atoms in total. The number of nitrogens with zero attached hydrogens (tertiary/aromatic N) is 3. The Balaban J connectivity index is 2.10. The molecule has 0 spiro atoms. The lowest BCUT2D eigenvalue weighted by atomic mass is 10.0. The van der Waals surface area contributed by atoms with Gasteiger partial charge in [0.2, 0.25) is 0 Å². The molecule has 0 fully saturated rings. The maximum atomic E-state index is 12.9. The average Bonchev–Trinajstić information content (AvgIpc) is 2.68. The minimum Gasteiger partial charge on any atom is -0.478 e. The van der Waals surface area contributed by atoms with E-state index in [-0.39, 0.29) is 11.3 Å². The summed E-state index contributed by atoms with van der Waals surface area (Å²) >= 11 is 6.03. The molecule has 0 aliphatic rings. The van der Waals surface area contributed by atoms with Gasteiger partial charge in [-0.3, -0.25) is 14.9 Å². The molecule has 0 saturated heterocycles. The van der Waals surface area contributed by atoms with Crippen molar-refractivity contribution in [3.05, 3.63) is 58.5 Å². The molecule has 0 unspecified atom stereocenters. The van der Waals surface area contributed by atoms with E-state index in [2.05, 4.69) is 15.3 Å². The smallest absolute Gasteiger partial charge is 0.339 e. The fourth-order valence-corrected chi connectivity index (χ4v) is 3.12. The van der Waals surface area contributed by atoms with Gasteiger partial charge in [0, 0.05) is 35.5 Å². The molecule has 0 radical (unpaired) electrons. The highest BCUT2D eigenvalue weighted by Gasteiger charge is 2.25. The first-order chi connectivity index (χ1) is 13.3. The number of aromatic carboxylic acids is 1. The van der Waals surface area contributed by atoms with Crippen LogP contribution in [0.5, 0.6) is 0 Å². The number of rotatable bonds is 4. The number of carbonyl (C=O) groups is 2. The van der Waals surface area contributed by atoms with E-state index in [1.165, 1.54) is 18.1 Å². The van der Waals surface area contributed by atoms with Crippen LogP contribution in [0.15, 0.2) is 36.7 Å². The molecule has 0 bridgehead atoms. The monoisotopic (exact) mass is 398 g/mol. The molecule has 0 atom stereocenters. The number of hydrogen-bond acceptors (Lipinski definition) is 4. The highest BCUT2D eigenvalue weighted by atomic mass is 35.5. The molecule has 3 aromatic rings. The summed E-state index contributed by atoms with van der Waals surface area (Å²) in [6.07, 6.45) is 3.51. The van der Waals surface area contributed by atoms with Crippen molar-refractivity contribution in [2.75, 3.05) is 17.3 Å². The van der Waals surface area contributed by atoms with Crippen LogP contribution in [0.1, 0.15) is 28.5 Å². The van der Waals surface area contributed by atoms with E-state index in [0.29, 0.717) is 33.7 Å². The molecule has 0 aliphatic carbocycles. The Morgan fingerprint density at radius 1 is 1.29 bits per heavy atom. The highest BCUT2D eigenvalue weighted by Crippen LogP contribution is 2.32. The SMILES string of the molecule is CCc1nc2ccncc2c(N(C)C(=O)Nc2ccc(Cl)c(C)c2)c1C(=O)O. The Morgan fingerprint density at radius 3 is 2.68 bits per heavy atom. The normalized spacial score (nSPS) is 10.7. The lowest BCUT2D eigenvalue weighted by Crippen LogP contribution is -2.33. The van der Waals surface area contributed by atoms with Gasteiger partial charge in [0.1, 0.15) is 5.56 Å². The summed E-state index contributed by atoms with van der Waals surface area (Å²) in [5.74, 6) is -1.15. The predicted octanol–water partition coefficient (Wildman–Crippen LogP) is 4.52. The summed E-state index contributed by atoms with van der Waals surface area (Å²) in [5, 5.41) is 13.6. The molecule has 0 aliphatic heterocycles. The topological polar surface area (TPSA) is 95.4 Å². The van der Waals surface area contributed by atoms with Crippen LogP contribution in [0.3, 0.4) is 0 Å². The van der Waals surface area contributed by atoms with E-state index < -0.39 is 12.0 Å². The summed E-state index contributed by atoms with van der Waals surface area (Å²) in [6.45, 7) is 3.65. The number of anilines is 2. The third-order valence-corrected chi connectivity index (χ3v) is 4.86. The van der Waals surface area contributed by atoms with Gasteiger partial charge in [-0.2, -0.15) is 0 Å². The molecule has 2 heterocycles. The quantitative estimate of drug-likeness (QED) is 0.673. The number of amides is 2. The van der Waals surface area contributed by atoms with Crippen LogP contribution in [0.25, 0.3) is 10.9 Å². The zero-order valence-corrected chi connectivity index (χ0v) is 16.4. The fourth-order valence-electron chi connectivity index (χ4n) is 3.00. The van der Waals surface area contributed by atoms with Crippen LogP contribution in [-0.2, 0) is 6.42 Å². The van der Waals surface area contributed by atoms with E-state index in [4.69, 9.17) is 11.6 Å². The number of pyridine rings is 2. The predicted molar refractivity (Wildman–Crippen MR) is 109 cm³/mol. The lowest BCUT2D eigenvalue weighted by molar-refractivity contribution is 0.0696.